The highest BCUT2D eigenvalue weighted by molar-refractivity contribution is 9.10. The number of rotatable bonds is 4. The Hall–Kier alpha value is -1.65. The van der Waals surface area contributed by atoms with Crippen molar-refractivity contribution in [2.45, 2.75) is 13.0 Å². The number of ether oxygens (including phenoxy) is 1. The van der Waals surface area contributed by atoms with Crippen LogP contribution in [0.4, 0.5) is 0 Å². The molecule has 0 saturated heterocycles. The third-order valence-corrected chi connectivity index (χ3v) is 3.73. The Kier molecular flexibility index (Phi) is 5.15. The minimum atomic E-state index is -0.880. The zero-order valence-corrected chi connectivity index (χ0v) is 13.5. The van der Waals surface area contributed by atoms with Gasteiger partial charge in [0.1, 0.15) is 0 Å². The van der Waals surface area contributed by atoms with E-state index >= 15 is 0 Å². The van der Waals surface area contributed by atoms with Gasteiger partial charge >= 0.3 is 5.97 Å². The fourth-order valence-corrected chi connectivity index (χ4v) is 2.23. The number of benzene rings is 2. The molecule has 0 amide bonds. The summed E-state index contributed by atoms with van der Waals surface area (Å²) in [5, 5.41) is 0.297. The number of carbonyl (C=O) groups excluding carboxylic acids is 2. The summed E-state index contributed by atoms with van der Waals surface area (Å²) in [5.41, 5.74) is 0.729. The third kappa shape index (κ3) is 3.93. The molecule has 2 aromatic carbocycles. The molecule has 2 rings (SSSR count). The van der Waals surface area contributed by atoms with Gasteiger partial charge in [-0.3, -0.25) is 4.79 Å². The van der Waals surface area contributed by atoms with E-state index in [1.54, 1.807) is 55.5 Å². The van der Waals surface area contributed by atoms with Crippen LogP contribution in [-0.4, -0.2) is 17.9 Å². The zero-order valence-electron chi connectivity index (χ0n) is 11.2. The maximum atomic E-state index is 12.2. The predicted molar refractivity (Wildman–Crippen MR) is 84.8 cm³/mol. The Morgan fingerprint density at radius 1 is 1.10 bits per heavy atom. The van der Waals surface area contributed by atoms with Crippen LogP contribution in [0.2, 0.25) is 5.02 Å². The molecule has 0 spiro atoms. The SMILES string of the molecule is C[C@@H](OC(=O)c1ccccc1Cl)C(=O)c1ccc(Br)cc1. The Morgan fingerprint density at radius 3 is 2.33 bits per heavy atom. The monoisotopic (exact) mass is 366 g/mol. The van der Waals surface area contributed by atoms with Crippen LogP contribution in [0.15, 0.2) is 53.0 Å². The topological polar surface area (TPSA) is 43.4 Å². The van der Waals surface area contributed by atoms with Gasteiger partial charge in [0.15, 0.2) is 6.10 Å². The highest BCUT2D eigenvalue weighted by atomic mass is 79.9. The van der Waals surface area contributed by atoms with Gasteiger partial charge in [-0.1, -0.05) is 51.8 Å². The smallest absolute Gasteiger partial charge is 0.340 e. The summed E-state index contributed by atoms with van der Waals surface area (Å²) >= 11 is 9.22. The minimum absolute atomic E-state index is 0.245. The van der Waals surface area contributed by atoms with Crippen LogP contribution in [-0.2, 0) is 4.74 Å². The first kappa shape index (κ1) is 15.7. The van der Waals surface area contributed by atoms with Crippen molar-refractivity contribution in [3.8, 4) is 0 Å². The molecular formula is C16H12BrClO3. The molecule has 0 heterocycles. The Balaban J connectivity index is 2.09. The zero-order chi connectivity index (χ0) is 15.4. The molecule has 0 N–H and O–H groups in total. The summed E-state index contributed by atoms with van der Waals surface area (Å²) in [6.45, 7) is 1.54. The Labute approximate surface area is 136 Å². The lowest BCUT2D eigenvalue weighted by Gasteiger charge is -2.13. The van der Waals surface area contributed by atoms with Crippen molar-refractivity contribution in [1.82, 2.24) is 0 Å². The van der Waals surface area contributed by atoms with E-state index in [1.165, 1.54) is 0 Å². The van der Waals surface area contributed by atoms with E-state index in [1.807, 2.05) is 0 Å². The molecule has 0 radical (unpaired) electrons. The fourth-order valence-electron chi connectivity index (χ4n) is 1.75. The molecular weight excluding hydrogens is 356 g/mol. The highest BCUT2D eigenvalue weighted by Crippen LogP contribution is 2.18. The lowest BCUT2D eigenvalue weighted by Crippen LogP contribution is -2.24. The van der Waals surface area contributed by atoms with E-state index in [2.05, 4.69) is 15.9 Å². The quantitative estimate of drug-likeness (QED) is 0.589. The molecule has 3 nitrogen and oxygen atoms in total. The lowest BCUT2D eigenvalue weighted by atomic mass is 10.1. The van der Waals surface area contributed by atoms with Gasteiger partial charge in [-0.25, -0.2) is 4.79 Å². The van der Waals surface area contributed by atoms with Gasteiger partial charge in [0.05, 0.1) is 10.6 Å². The normalized spacial score (nSPS) is 11.8. The number of ketones is 1. The molecule has 1 atom stereocenters. The average Bonchev–Trinajstić information content (AvgIpc) is 2.47. The van der Waals surface area contributed by atoms with Crippen LogP contribution in [0.25, 0.3) is 0 Å². The summed E-state index contributed by atoms with van der Waals surface area (Å²) in [4.78, 5) is 24.2. The largest absolute Gasteiger partial charge is 0.451 e. The van der Waals surface area contributed by atoms with Gasteiger partial charge in [0, 0.05) is 10.0 Å². The van der Waals surface area contributed by atoms with Crippen LogP contribution in [0.1, 0.15) is 27.6 Å². The average molecular weight is 368 g/mol. The summed E-state index contributed by atoms with van der Waals surface area (Å²) in [5.74, 6) is -0.874. The van der Waals surface area contributed by atoms with Crippen molar-refractivity contribution < 1.29 is 14.3 Å². The van der Waals surface area contributed by atoms with Crippen LogP contribution in [0.3, 0.4) is 0 Å². The predicted octanol–water partition coefficient (Wildman–Crippen LogP) is 4.53. The summed E-state index contributed by atoms with van der Waals surface area (Å²) < 4.78 is 6.05. The Bertz CT molecular complexity index is 667. The first-order chi connectivity index (χ1) is 9.99. The van der Waals surface area contributed by atoms with Crippen LogP contribution >= 0.6 is 27.5 Å². The minimum Gasteiger partial charge on any atom is -0.451 e. The number of esters is 1. The maximum Gasteiger partial charge on any atom is 0.340 e. The van der Waals surface area contributed by atoms with Crippen LogP contribution in [0.5, 0.6) is 0 Å². The molecule has 108 valence electrons. The van der Waals surface area contributed by atoms with Crippen molar-refractivity contribution in [2.75, 3.05) is 0 Å². The molecule has 0 fully saturated rings. The van der Waals surface area contributed by atoms with Gasteiger partial charge in [-0.05, 0) is 31.2 Å². The molecule has 0 aliphatic rings. The van der Waals surface area contributed by atoms with E-state index in [0.29, 0.717) is 10.6 Å². The van der Waals surface area contributed by atoms with E-state index in [9.17, 15) is 9.59 Å². The van der Waals surface area contributed by atoms with E-state index in [0.717, 1.165) is 4.47 Å². The fraction of sp³-hybridized carbons (Fsp3) is 0.125. The van der Waals surface area contributed by atoms with Gasteiger partial charge in [0.2, 0.25) is 5.78 Å². The summed E-state index contributed by atoms with van der Waals surface area (Å²) in [6.07, 6.45) is -0.880. The standard InChI is InChI=1S/C16H12BrClO3/c1-10(15(19)11-6-8-12(17)9-7-11)21-16(20)13-4-2-3-5-14(13)18/h2-10H,1H3/t10-/m1/s1. The third-order valence-electron chi connectivity index (χ3n) is 2.88. The number of Topliss-reactive ketones (excluding diaryl/α,β-unsaturated/α-hetero) is 1. The van der Waals surface area contributed by atoms with E-state index in [-0.39, 0.29) is 11.3 Å². The lowest BCUT2D eigenvalue weighted by molar-refractivity contribution is 0.0319. The van der Waals surface area contributed by atoms with Crippen molar-refractivity contribution in [2.24, 2.45) is 0 Å². The van der Waals surface area contributed by atoms with Gasteiger partial charge < -0.3 is 4.74 Å². The van der Waals surface area contributed by atoms with E-state index in [4.69, 9.17) is 16.3 Å². The number of carbonyl (C=O) groups is 2. The number of hydrogen-bond acceptors (Lipinski definition) is 3. The van der Waals surface area contributed by atoms with Gasteiger partial charge in [0.25, 0.3) is 0 Å². The maximum absolute atomic E-state index is 12.2. The van der Waals surface area contributed by atoms with Gasteiger partial charge in [-0.2, -0.15) is 0 Å². The number of hydrogen-bond donors (Lipinski definition) is 0. The number of halogens is 2. The molecule has 0 aromatic heterocycles. The van der Waals surface area contributed by atoms with Crippen molar-refractivity contribution in [3.05, 3.63) is 69.2 Å². The van der Waals surface area contributed by atoms with E-state index < -0.39 is 12.1 Å². The second kappa shape index (κ2) is 6.87. The van der Waals surface area contributed by atoms with Crippen molar-refractivity contribution in [3.63, 3.8) is 0 Å². The van der Waals surface area contributed by atoms with Crippen molar-refractivity contribution in [1.29, 1.82) is 0 Å². The van der Waals surface area contributed by atoms with Crippen LogP contribution < -0.4 is 0 Å². The molecule has 0 saturated carbocycles. The second-order valence-corrected chi connectivity index (χ2v) is 5.72. The highest BCUT2D eigenvalue weighted by Gasteiger charge is 2.21. The molecule has 21 heavy (non-hydrogen) atoms. The Morgan fingerprint density at radius 2 is 1.71 bits per heavy atom. The molecule has 2 aromatic rings. The second-order valence-electron chi connectivity index (χ2n) is 4.40. The van der Waals surface area contributed by atoms with Crippen LogP contribution in [0, 0.1) is 0 Å². The molecule has 0 aliphatic carbocycles. The molecule has 5 heteroatoms. The summed E-state index contributed by atoms with van der Waals surface area (Å²) in [7, 11) is 0. The van der Waals surface area contributed by atoms with Gasteiger partial charge in [-0.15, -0.1) is 0 Å². The van der Waals surface area contributed by atoms with Crippen molar-refractivity contribution >= 4 is 39.3 Å². The molecule has 0 unspecified atom stereocenters. The first-order valence-electron chi connectivity index (χ1n) is 6.24. The molecule has 0 aliphatic heterocycles. The summed E-state index contributed by atoms with van der Waals surface area (Å²) in [6, 6.07) is 13.4. The first-order valence-corrected chi connectivity index (χ1v) is 7.41. The molecule has 0 bridgehead atoms.